The van der Waals surface area contributed by atoms with Crippen molar-refractivity contribution in [1.82, 2.24) is 19.8 Å². The highest BCUT2D eigenvalue weighted by atomic mass is 16.3. The zero-order valence-corrected chi connectivity index (χ0v) is 24.1. The third-order valence-electron chi connectivity index (χ3n) is 12.1. The van der Waals surface area contributed by atoms with Crippen molar-refractivity contribution in [2.75, 3.05) is 26.2 Å². The van der Waals surface area contributed by atoms with Crippen LogP contribution in [0.1, 0.15) is 63.5 Å². The molecule has 0 saturated carbocycles. The van der Waals surface area contributed by atoms with Crippen LogP contribution in [0.5, 0.6) is 0 Å². The van der Waals surface area contributed by atoms with Crippen LogP contribution < -0.4 is 0 Å². The molecule has 2 aliphatic carbocycles. The lowest BCUT2D eigenvalue weighted by Crippen LogP contribution is -2.75. The molecule has 1 spiro atoms. The van der Waals surface area contributed by atoms with Crippen LogP contribution in [0.25, 0.3) is 27.4 Å². The lowest BCUT2D eigenvalue weighted by Gasteiger charge is -2.68. The number of hydrogen-bond acceptors (Lipinski definition) is 4. The summed E-state index contributed by atoms with van der Waals surface area (Å²) in [5, 5.41) is 15.6. The van der Waals surface area contributed by atoms with Crippen molar-refractivity contribution in [2.24, 2.45) is 16.7 Å². The van der Waals surface area contributed by atoms with Gasteiger partial charge in [-0.15, -0.1) is 0 Å². The van der Waals surface area contributed by atoms with Crippen LogP contribution in [0, 0.1) is 16.7 Å². The van der Waals surface area contributed by atoms with E-state index in [0.717, 1.165) is 62.0 Å². The second kappa shape index (κ2) is 8.89. The van der Waals surface area contributed by atoms with E-state index < -0.39 is 5.60 Å². The van der Waals surface area contributed by atoms with Crippen molar-refractivity contribution >= 4 is 27.4 Å². The minimum absolute atomic E-state index is 0.0121. The van der Waals surface area contributed by atoms with Crippen molar-refractivity contribution in [3.63, 3.8) is 0 Å². The topological polar surface area (TPSA) is 55.4 Å². The normalized spacial score (nSPS) is 41.0. The van der Waals surface area contributed by atoms with Gasteiger partial charge in [-0.1, -0.05) is 42.5 Å². The molecular weight excluding hydrogens is 504 g/mol. The third-order valence-corrected chi connectivity index (χ3v) is 12.1. The van der Waals surface area contributed by atoms with Gasteiger partial charge >= 0.3 is 0 Å². The number of aliphatic hydroxyl groups is 1. The maximum absolute atomic E-state index is 13.1. The molecule has 5 heteroatoms. The zero-order chi connectivity index (χ0) is 27.2. The molecule has 5 bridgehead atoms. The molecule has 2 N–H and O–H groups in total. The maximum atomic E-state index is 13.1. The number of aromatic nitrogens is 2. The fourth-order valence-electron chi connectivity index (χ4n) is 10.7. The van der Waals surface area contributed by atoms with Crippen molar-refractivity contribution in [1.29, 1.82) is 0 Å². The number of nitrogens with one attached hydrogen (secondary N) is 1. The van der Waals surface area contributed by atoms with E-state index in [4.69, 9.17) is 4.98 Å². The maximum Gasteiger partial charge on any atom is 0.0998 e. The summed E-state index contributed by atoms with van der Waals surface area (Å²) >= 11 is 0. The van der Waals surface area contributed by atoms with E-state index in [1.807, 2.05) is 6.20 Å². The van der Waals surface area contributed by atoms with Crippen LogP contribution in [-0.4, -0.2) is 68.7 Å². The molecule has 0 amide bonds. The number of H-pyrrole nitrogens is 1. The molecule has 3 fully saturated rings. The highest BCUT2D eigenvalue weighted by Crippen LogP contribution is 2.66. The van der Waals surface area contributed by atoms with E-state index >= 15 is 0 Å². The lowest BCUT2D eigenvalue weighted by atomic mass is 9.46. The number of nitrogens with zero attached hydrogens (tertiary/aromatic N) is 3. The van der Waals surface area contributed by atoms with E-state index in [2.05, 4.69) is 75.5 Å². The largest absolute Gasteiger partial charge is 0.384 e. The summed E-state index contributed by atoms with van der Waals surface area (Å²) in [6.45, 7) is 4.52. The number of allylic oxidation sites excluding steroid dienone is 4. The van der Waals surface area contributed by atoms with E-state index in [0.29, 0.717) is 12.0 Å². The predicted molar refractivity (Wildman–Crippen MR) is 165 cm³/mol. The summed E-state index contributed by atoms with van der Waals surface area (Å²) in [5.41, 5.74) is 4.00. The number of fused-ring (bicyclic) bond motifs is 5. The molecular formula is C36H42N4O. The number of benzene rings is 1. The molecule has 3 saturated heterocycles. The van der Waals surface area contributed by atoms with Gasteiger partial charge in [-0.2, -0.15) is 0 Å². The van der Waals surface area contributed by atoms with Crippen molar-refractivity contribution in [3.05, 3.63) is 72.6 Å². The number of aromatic amines is 1. The zero-order valence-electron chi connectivity index (χ0n) is 24.1. The molecule has 7 atom stereocenters. The summed E-state index contributed by atoms with van der Waals surface area (Å²) in [4.78, 5) is 14.5. The van der Waals surface area contributed by atoms with Gasteiger partial charge in [-0.25, -0.2) is 0 Å². The third kappa shape index (κ3) is 3.43. The minimum Gasteiger partial charge on any atom is -0.384 e. The van der Waals surface area contributed by atoms with Crippen molar-refractivity contribution in [3.8, 4) is 0 Å². The van der Waals surface area contributed by atoms with Crippen LogP contribution in [0.2, 0.25) is 0 Å². The van der Waals surface area contributed by atoms with E-state index in [9.17, 15) is 5.11 Å². The first-order chi connectivity index (χ1) is 20.1. The van der Waals surface area contributed by atoms with Gasteiger partial charge in [0.25, 0.3) is 0 Å². The average molecular weight is 547 g/mol. The van der Waals surface area contributed by atoms with Gasteiger partial charge < -0.3 is 15.0 Å². The number of pyridine rings is 1. The first-order valence-corrected chi connectivity index (χ1v) is 16.2. The Bertz CT molecular complexity index is 1620. The monoisotopic (exact) mass is 546 g/mol. The van der Waals surface area contributed by atoms with Crippen LogP contribution in [0.4, 0.5) is 0 Å². The molecule has 2 aromatic heterocycles. The minimum atomic E-state index is -0.895. The fourth-order valence-corrected chi connectivity index (χ4v) is 10.7. The van der Waals surface area contributed by atoms with Crippen molar-refractivity contribution < 1.29 is 5.11 Å². The molecule has 41 heavy (non-hydrogen) atoms. The van der Waals surface area contributed by atoms with Crippen LogP contribution >= 0.6 is 0 Å². The highest BCUT2D eigenvalue weighted by Gasteiger charge is 2.68. The van der Waals surface area contributed by atoms with Crippen LogP contribution in [0.3, 0.4) is 0 Å². The summed E-state index contributed by atoms with van der Waals surface area (Å²) in [5.74, 6) is 0.393. The molecule has 9 rings (SSSR count). The molecule has 3 aromatic rings. The molecule has 0 radical (unpaired) electrons. The van der Waals surface area contributed by atoms with Gasteiger partial charge in [0.15, 0.2) is 0 Å². The van der Waals surface area contributed by atoms with Gasteiger partial charge in [0.1, 0.15) is 0 Å². The lowest BCUT2D eigenvalue weighted by molar-refractivity contribution is -0.182. The average Bonchev–Trinajstić information content (AvgIpc) is 3.30. The summed E-state index contributed by atoms with van der Waals surface area (Å²) in [6.07, 6.45) is 24.4. The molecule has 1 aromatic carbocycles. The van der Waals surface area contributed by atoms with Gasteiger partial charge in [0.05, 0.1) is 22.9 Å². The predicted octanol–water partition coefficient (Wildman–Crippen LogP) is 6.47. The Morgan fingerprint density at radius 2 is 1.90 bits per heavy atom. The Kier molecular flexibility index (Phi) is 5.38. The van der Waals surface area contributed by atoms with E-state index in [-0.39, 0.29) is 16.9 Å². The molecule has 212 valence electrons. The van der Waals surface area contributed by atoms with Gasteiger partial charge in [-0.3, -0.25) is 9.88 Å². The summed E-state index contributed by atoms with van der Waals surface area (Å²) < 4.78 is 0. The Labute approximate surface area is 243 Å². The first-order valence-electron chi connectivity index (χ1n) is 16.2. The Hall–Kier alpha value is -2.73. The molecule has 5 nitrogen and oxygen atoms in total. The second-order valence-corrected chi connectivity index (χ2v) is 14.2. The summed E-state index contributed by atoms with van der Waals surface area (Å²) in [6, 6.07) is 11.3. The van der Waals surface area contributed by atoms with Gasteiger partial charge in [0.2, 0.25) is 0 Å². The Morgan fingerprint density at radius 1 is 0.951 bits per heavy atom. The van der Waals surface area contributed by atoms with Crippen LogP contribution in [0.15, 0.2) is 66.9 Å². The van der Waals surface area contributed by atoms with E-state index in [1.165, 1.54) is 55.0 Å². The number of rotatable bonds is 1. The number of piperidine rings is 2. The second-order valence-electron chi connectivity index (χ2n) is 14.2. The Morgan fingerprint density at radius 3 is 2.88 bits per heavy atom. The van der Waals surface area contributed by atoms with E-state index in [1.54, 1.807) is 0 Å². The summed E-state index contributed by atoms with van der Waals surface area (Å²) in [7, 11) is 0. The van der Waals surface area contributed by atoms with Crippen LogP contribution in [-0.2, 0) is 0 Å². The fraction of sp³-hybridized carbons (Fsp3) is 0.528. The highest BCUT2D eigenvalue weighted by molar-refractivity contribution is 6.09. The SMILES string of the molecule is O[C@]12C=C(c3nccc4c3[nH]c3ccccc34)[C@@H]3CCN4CCC5(CC=CCC1)C[C@@]3(C4)[C@H]2N1CCCC/C=C\[C@H]15. The molecule has 4 aliphatic heterocycles. The standard InChI is InChI=1S/C36H42N4O/c41-36-16-8-3-7-15-34-17-21-39-20-14-28(35(23-34,24-39)33(36)40-19-9-2-1-4-12-30(34)40)27(22-36)31-32-26(13-18-37-31)25-10-5-6-11-29(25)38-32/h3-7,10-13,18,22,28,30,33,38,41H,1-2,8-9,14-17,19-21,23-24H2/b7-3?,12-4-/t28-,30-,33+,34?,35-,36-/m0/s1. The Balaban J connectivity index is 1.32. The molecule has 2 unspecified atom stereocenters. The number of para-hydroxylation sites is 1. The van der Waals surface area contributed by atoms with Crippen molar-refractivity contribution in [2.45, 2.75) is 75.5 Å². The first kappa shape index (κ1) is 24.8. The quantitative estimate of drug-likeness (QED) is 0.344. The molecule has 6 aliphatic rings. The molecule has 6 heterocycles. The van der Waals surface area contributed by atoms with Gasteiger partial charge in [0, 0.05) is 40.5 Å². The number of hydrogen-bond donors (Lipinski definition) is 2. The smallest absolute Gasteiger partial charge is 0.0998 e. The van der Waals surface area contributed by atoms with Gasteiger partial charge in [-0.05, 0) is 113 Å².